The second-order valence-electron chi connectivity index (χ2n) is 6.73. The molecule has 0 radical (unpaired) electrons. The van der Waals surface area contributed by atoms with Crippen molar-refractivity contribution in [2.24, 2.45) is 4.99 Å². The summed E-state index contributed by atoms with van der Waals surface area (Å²) in [6, 6.07) is 11.6. The molecule has 1 aliphatic heterocycles. The Kier molecular flexibility index (Phi) is 7.53. The second kappa shape index (κ2) is 10.5. The van der Waals surface area contributed by atoms with E-state index in [9.17, 15) is 0 Å². The smallest absolute Gasteiger partial charge is 0.224 e. The Morgan fingerprint density at radius 1 is 1.11 bits per heavy atom. The summed E-state index contributed by atoms with van der Waals surface area (Å²) >= 11 is 0. The lowest BCUT2D eigenvalue weighted by molar-refractivity contribution is 0.300. The molecule has 1 aliphatic rings. The molecule has 1 N–H and O–H groups in total. The topological polar surface area (TPSA) is 59.0 Å². The highest BCUT2D eigenvalue weighted by Crippen LogP contribution is 2.32. The molecule has 6 heteroatoms. The molecule has 0 saturated carbocycles. The maximum Gasteiger partial charge on any atom is 0.224 e. The van der Waals surface area contributed by atoms with E-state index >= 15 is 0 Å². The Labute approximate surface area is 167 Å². The lowest BCUT2D eigenvalue weighted by Gasteiger charge is -2.21. The van der Waals surface area contributed by atoms with Gasteiger partial charge in [0.1, 0.15) is 0 Å². The van der Waals surface area contributed by atoms with Crippen LogP contribution in [-0.2, 0) is 6.54 Å². The van der Waals surface area contributed by atoms with E-state index in [2.05, 4.69) is 29.0 Å². The maximum absolute atomic E-state index is 6.12. The lowest BCUT2D eigenvalue weighted by Crippen LogP contribution is -2.39. The molecule has 3 rings (SSSR count). The minimum atomic E-state index is 0.514. The number of guanidine groups is 1. The van der Waals surface area contributed by atoms with E-state index in [4.69, 9.17) is 14.5 Å². The first-order valence-electron chi connectivity index (χ1n) is 10.2. The summed E-state index contributed by atoms with van der Waals surface area (Å²) in [6.45, 7) is 8.32. The van der Waals surface area contributed by atoms with Crippen LogP contribution in [0.25, 0.3) is 0 Å². The SMILES string of the molecule is CCCOc1ccccc1Oc1ncccc1CN=C(NCC)N1CCCC1. The van der Waals surface area contributed by atoms with E-state index in [1.54, 1.807) is 6.20 Å². The van der Waals surface area contributed by atoms with Crippen LogP contribution in [0.15, 0.2) is 47.6 Å². The van der Waals surface area contributed by atoms with Gasteiger partial charge in [-0.2, -0.15) is 0 Å². The fraction of sp³-hybridized carbons (Fsp3) is 0.455. The van der Waals surface area contributed by atoms with Crippen molar-refractivity contribution in [1.82, 2.24) is 15.2 Å². The molecule has 150 valence electrons. The van der Waals surface area contributed by atoms with Gasteiger partial charge in [0.2, 0.25) is 5.88 Å². The third-order valence-electron chi connectivity index (χ3n) is 4.51. The van der Waals surface area contributed by atoms with Crippen LogP contribution in [0.1, 0.15) is 38.7 Å². The molecule has 0 spiro atoms. The van der Waals surface area contributed by atoms with Crippen LogP contribution in [0.2, 0.25) is 0 Å². The van der Waals surface area contributed by atoms with Gasteiger partial charge in [-0.15, -0.1) is 0 Å². The van der Waals surface area contributed by atoms with Gasteiger partial charge in [0, 0.05) is 31.4 Å². The van der Waals surface area contributed by atoms with E-state index in [1.807, 2.05) is 36.4 Å². The highest BCUT2D eigenvalue weighted by molar-refractivity contribution is 5.80. The average Bonchev–Trinajstić information content (AvgIpc) is 3.26. The van der Waals surface area contributed by atoms with Gasteiger partial charge in [-0.3, -0.25) is 0 Å². The Hall–Kier alpha value is -2.76. The number of likely N-dealkylation sites (tertiary alicyclic amines) is 1. The highest BCUT2D eigenvalue weighted by Gasteiger charge is 2.16. The van der Waals surface area contributed by atoms with Crippen molar-refractivity contribution in [1.29, 1.82) is 0 Å². The number of benzene rings is 1. The minimum absolute atomic E-state index is 0.514. The Bertz CT molecular complexity index is 773. The predicted octanol–water partition coefficient (Wildman–Crippen LogP) is 4.22. The summed E-state index contributed by atoms with van der Waals surface area (Å²) in [5.74, 6) is 2.93. The van der Waals surface area contributed by atoms with E-state index in [0.717, 1.165) is 43.3 Å². The van der Waals surface area contributed by atoms with Gasteiger partial charge in [0.15, 0.2) is 17.5 Å². The van der Waals surface area contributed by atoms with Gasteiger partial charge in [0.25, 0.3) is 0 Å². The zero-order chi connectivity index (χ0) is 19.6. The normalized spacial score (nSPS) is 14.2. The van der Waals surface area contributed by atoms with Gasteiger partial charge < -0.3 is 19.7 Å². The van der Waals surface area contributed by atoms with Crippen molar-refractivity contribution in [2.75, 3.05) is 26.2 Å². The first-order chi connectivity index (χ1) is 13.8. The van der Waals surface area contributed by atoms with Crippen molar-refractivity contribution in [2.45, 2.75) is 39.7 Å². The Balaban J connectivity index is 1.77. The third kappa shape index (κ3) is 5.38. The van der Waals surface area contributed by atoms with Gasteiger partial charge in [-0.25, -0.2) is 9.98 Å². The highest BCUT2D eigenvalue weighted by atomic mass is 16.5. The van der Waals surface area contributed by atoms with Crippen LogP contribution in [0.4, 0.5) is 0 Å². The number of para-hydroxylation sites is 2. The summed E-state index contributed by atoms with van der Waals surface area (Å²) in [5.41, 5.74) is 0.947. The monoisotopic (exact) mass is 382 g/mol. The number of nitrogens with zero attached hydrogens (tertiary/aromatic N) is 3. The van der Waals surface area contributed by atoms with E-state index in [-0.39, 0.29) is 0 Å². The van der Waals surface area contributed by atoms with Gasteiger partial charge in [0.05, 0.1) is 13.2 Å². The number of hydrogen-bond donors (Lipinski definition) is 1. The van der Waals surface area contributed by atoms with Crippen LogP contribution in [0, 0.1) is 0 Å². The second-order valence-corrected chi connectivity index (χ2v) is 6.73. The average molecular weight is 383 g/mol. The van der Waals surface area contributed by atoms with Crippen LogP contribution in [0.3, 0.4) is 0 Å². The fourth-order valence-corrected chi connectivity index (χ4v) is 3.12. The molecule has 0 amide bonds. The van der Waals surface area contributed by atoms with E-state index < -0.39 is 0 Å². The van der Waals surface area contributed by atoms with Gasteiger partial charge >= 0.3 is 0 Å². The molecule has 2 aromatic rings. The van der Waals surface area contributed by atoms with Crippen molar-refractivity contribution in [3.05, 3.63) is 48.2 Å². The number of nitrogens with one attached hydrogen (secondary N) is 1. The number of rotatable bonds is 8. The third-order valence-corrected chi connectivity index (χ3v) is 4.51. The molecule has 0 atom stereocenters. The summed E-state index contributed by atoms with van der Waals surface area (Å²) in [6.07, 6.45) is 5.13. The first kappa shape index (κ1) is 20.0. The van der Waals surface area contributed by atoms with E-state index in [0.29, 0.717) is 24.8 Å². The van der Waals surface area contributed by atoms with Gasteiger partial charge in [-0.05, 0) is 44.4 Å². The number of hydrogen-bond acceptors (Lipinski definition) is 4. The van der Waals surface area contributed by atoms with Gasteiger partial charge in [-0.1, -0.05) is 25.1 Å². The molecule has 1 aromatic carbocycles. The predicted molar refractivity (Wildman–Crippen MR) is 112 cm³/mol. The van der Waals surface area contributed by atoms with Crippen molar-refractivity contribution >= 4 is 5.96 Å². The zero-order valence-corrected chi connectivity index (χ0v) is 16.9. The van der Waals surface area contributed by atoms with Crippen molar-refractivity contribution < 1.29 is 9.47 Å². The molecule has 0 bridgehead atoms. The molecule has 1 saturated heterocycles. The molecule has 1 fully saturated rings. The maximum atomic E-state index is 6.12. The fourth-order valence-electron chi connectivity index (χ4n) is 3.12. The number of aliphatic imine (C=N–C) groups is 1. The Morgan fingerprint density at radius 2 is 1.89 bits per heavy atom. The molecule has 2 heterocycles. The quantitative estimate of drug-likeness (QED) is 0.547. The molecular formula is C22H30N4O2. The molecular weight excluding hydrogens is 352 g/mol. The molecule has 6 nitrogen and oxygen atoms in total. The molecule has 28 heavy (non-hydrogen) atoms. The largest absolute Gasteiger partial charge is 0.490 e. The summed E-state index contributed by atoms with van der Waals surface area (Å²) in [7, 11) is 0. The first-order valence-corrected chi connectivity index (χ1v) is 10.2. The Morgan fingerprint density at radius 3 is 2.64 bits per heavy atom. The summed E-state index contributed by atoms with van der Waals surface area (Å²) in [5, 5.41) is 3.39. The van der Waals surface area contributed by atoms with Crippen LogP contribution >= 0.6 is 0 Å². The lowest BCUT2D eigenvalue weighted by atomic mass is 10.2. The molecule has 0 aliphatic carbocycles. The minimum Gasteiger partial charge on any atom is -0.490 e. The summed E-state index contributed by atoms with van der Waals surface area (Å²) < 4.78 is 11.9. The number of pyridine rings is 1. The number of ether oxygens (including phenoxy) is 2. The zero-order valence-electron chi connectivity index (χ0n) is 16.9. The van der Waals surface area contributed by atoms with Crippen LogP contribution in [0.5, 0.6) is 17.4 Å². The van der Waals surface area contributed by atoms with Crippen molar-refractivity contribution in [3.63, 3.8) is 0 Å². The van der Waals surface area contributed by atoms with Crippen LogP contribution in [-0.4, -0.2) is 42.1 Å². The molecule has 1 aromatic heterocycles. The summed E-state index contributed by atoms with van der Waals surface area (Å²) in [4.78, 5) is 11.6. The van der Waals surface area contributed by atoms with E-state index in [1.165, 1.54) is 12.8 Å². The van der Waals surface area contributed by atoms with Crippen molar-refractivity contribution in [3.8, 4) is 17.4 Å². The standard InChI is InChI=1S/C22H30N4O2/c1-3-16-27-19-11-5-6-12-20(19)28-21-18(10-9-13-24-21)17-25-22(23-4-2)26-14-7-8-15-26/h5-6,9-13H,3-4,7-8,14-17H2,1-2H3,(H,23,25). The van der Waals surface area contributed by atoms with Crippen LogP contribution < -0.4 is 14.8 Å². The number of aromatic nitrogens is 1. The molecule has 0 unspecified atom stereocenters.